The minimum atomic E-state index is 0.207. The second kappa shape index (κ2) is 5.67. The Labute approximate surface area is 60.4 Å². The normalized spacial score (nSPS) is 13.9. The zero-order chi connectivity index (χ0) is 6.41. The van der Waals surface area contributed by atoms with E-state index in [-0.39, 0.29) is 5.38 Å². The Morgan fingerprint density at radius 2 is 2.25 bits per heavy atom. The van der Waals surface area contributed by atoms with Crippen molar-refractivity contribution in [1.29, 1.82) is 0 Å². The van der Waals surface area contributed by atoms with E-state index < -0.39 is 0 Å². The third-order valence-corrected chi connectivity index (χ3v) is 1.04. The molecule has 0 amide bonds. The summed E-state index contributed by atoms with van der Waals surface area (Å²) >= 11 is 11.0. The lowest BCUT2D eigenvalue weighted by atomic mass is 10.5. The lowest BCUT2D eigenvalue weighted by molar-refractivity contribution is 0.711. The molecule has 0 unspecified atom stereocenters. The maximum Gasteiger partial charge on any atom is 0.0432 e. The van der Waals surface area contributed by atoms with Gasteiger partial charge in [-0.3, -0.25) is 0 Å². The second-order valence-electron chi connectivity index (χ2n) is 1.67. The van der Waals surface area contributed by atoms with Crippen LogP contribution in [-0.2, 0) is 0 Å². The molecule has 0 radical (unpaired) electrons. The van der Waals surface area contributed by atoms with Crippen molar-refractivity contribution in [3.63, 3.8) is 0 Å². The Morgan fingerprint density at radius 3 is 2.62 bits per heavy atom. The first kappa shape index (κ1) is 8.54. The highest BCUT2D eigenvalue weighted by molar-refractivity contribution is 6.20. The van der Waals surface area contributed by atoms with Crippen LogP contribution in [0.3, 0.4) is 0 Å². The predicted molar refractivity (Wildman–Crippen MR) is 38.9 cm³/mol. The van der Waals surface area contributed by atoms with Crippen LogP contribution in [0, 0.1) is 0 Å². The summed E-state index contributed by atoms with van der Waals surface area (Å²) in [6.07, 6.45) is 0. The SMILES string of the molecule is C[C@H](Cl)CNCCCl. The molecule has 0 bridgehead atoms. The monoisotopic (exact) mass is 155 g/mol. The zero-order valence-corrected chi connectivity index (χ0v) is 6.47. The van der Waals surface area contributed by atoms with E-state index in [0.29, 0.717) is 5.88 Å². The molecule has 0 heterocycles. The minimum absolute atomic E-state index is 0.207. The summed E-state index contributed by atoms with van der Waals surface area (Å²) in [6.45, 7) is 3.63. The fraction of sp³-hybridized carbons (Fsp3) is 1.00. The van der Waals surface area contributed by atoms with Gasteiger partial charge in [0.2, 0.25) is 0 Å². The zero-order valence-electron chi connectivity index (χ0n) is 4.95. The average Bonchev–Trinajstić information content (AvgIpc) is 1.66. The van der Waals surface area contributed by atoms with E-state index >= 15 is 0 Å². The van der Waals surface area contributed by atoms with Gasteiger partial charge in [0.15, 0.2) is 0 Å². The molecular weight excluding hydrogens is 145 g/mol. The summed E-state index contributed by atoms with van der Waals surface area (Å²) in [5, 5.41) is 3.28. The van der Waals surface area contributed by atoms with Crippen molar-refractivity contribution in [3.05, 3.63) is 0 Å². The van der Waals surface area contributed by atoms with Gasteiger partial charge in [-0.15, -0.1) is 23.2 Å². The van der Waals surface area contributed by atoms with Gasteiger partial charge in [-0.05, 0) is 6.92 Å². The molecule has 8 heavy (non-hydrogen) atoms. The molecule has 3 heteroatoms. The fourth-order valence-electron chi connectivity index (χ4n) is 0.368. The van der Waals surface area contributed by atoms with Crippen LogP contribution in [0.4, 0.5) is 0 Å². The third kappa shape index (κ3) is 6.54. The number of hydrogen-bond donors (Lipinski definition) is 1. The summed E-state index contributed by atoms with van der Waals surface area (Å²) < 4.78 is 0. The molecule has 0 fully saturated rings. The summed E-state index contributed by atoms with van der Waals surface area (Å²) in [5.41, 5.74) is 0. The lowest BCUT2D eigenvalue weighted by Crippen LogP contribution is -2.23. The van der Waals surface area contributed by atoms with Gasteiger partial charge in [0.1, 0.15) is 0 Å². The number of nitrogens with one attached hydrogen (secondary N) is 1. The highest BCUT2D eigenvalue weighted by Gasteiger charge is 1.91. The molecule has 1 atom stereocenters. The minimum Gasteiger partial charge on any atom is -0.314 e. The Kier molecular flexibility index (Phi) is 6.06. The van der Waals surface area contributed by atoms with Crippen molar-refractivity contribution in [2.75, 3.05) is 19.0 Å². The molecule has 0 aromatic heterocycles. The van der Waals surface area contributed by atoms with E-state index in [1.807, 2.05) is 6.92 Å². The molecule has 0 aliphatic carbocycles. The third-order valence-electron chi connectivity index (χ3n) is 0.697. The van der Waals surface area contributed by atoms with Gasteiger partial charge in [0.25, 0.3) is 0 Å². The number of halogens is 2. The van der Waals surface area contributed by atoms with Crippen LogP contribution in [0.2, 0.25) is 0 Å². The molecule has 50 valence electrons. The van der Waals surface area contributed by atoms with Crippen LogP contribution in [0.25, 0.3) is 0 Å². The summed E-state index contributed by atoms with van der Waals surface area (Å²) in [5.74, 6) is 0.656. The van der Waals surface area contributed by atoms with E-state index in [1.165, 1.54) is 0 Å². The molecule has 1 nitrogen and oxygen atoms in total. The van der Waals surface area contributed by atoms with E-state index in [1.54, 1.807) is 0 Å². The predicted octanol–water partition coefficient (Wildman–Crippen LogP) is 1.44. The van der Waals surface area contributed by atoms with Crippen molar-refractivity contribution >= 4 is 23.2 Å². The maximum absolute atomic E-state index is 5.61. The molecule has 0 saturated heterocycles. The van der Waals surface area contributed by atoms with E-state index in [9.17, 15) is 0 Å². The molecule has 0 aromatic carbocycles. The second-order valence-corrected chi connectivity index (χ2v) is 2.80. The highest BCUT2D eigenvalue weighted by Crippen LogP contribution is 1.88. The topological polar surface area (TPSA) is 12.0 Å². The Hall–Kier alpha value is 0.540. The van der Waals surface area contributed by atoms with Crippen LogP contribution < -0.4 is 5.32 Å². The first-order chi connectivity index (χ1) is 3.77. The number of alkyl halides is 2. The van der Waals surface area contributed by atoms with Gasteiger partial charge < -0.3 is 5.32 Å². The van der Waals surface area contributed by atoms with Crippen molar-refractivity contribution in [1.82, 2.24) is 5.32 Å². The van der Waals surface area contributed by atoms with Crippen LogP contribution >= 0.6 is 23.2 Å². The smallest absolute Gasteiger partial charge is 0.0432 e. The lowest BCUT2D eigenvalue weighted by Gasteiger charge is -2.01. The van der Waals surface area contributed by atoms with Crippen LogP contribution in [0.5, 0.6) is 0 Å². The highest BCUT2D eigenvalue weighted by atomic mass is 35.5. The van der Waals surface area contributed by atoms with Crippen molar-refractivity contribution in [2.24, 2.45) is 0 Å². The fourth-order valence-corrected chi connectivity index (χ4v) is 0.611. The largest absolute Gasteiger partial charge is 0.314 e. The number of hydrogen-bond acceptors (Lipinski definition) is 1. The van der Waals surface area contributed by atoms with Crippen LogP contribution in [0.15, 0.2) is 0 Å². The first-order valence-electron chi connectivity index (χ1n) is 2.68. The summed E-state index contributed by atoms with van der Waals surface area (Å²) in [7, 11) is 0. The summed E-state index contributed by atoms with van der Waals surface area (Å²) in [4.78, 5) is 0. The Balaban J connectivity index is 2.72. The van der Waals surface area contributed by atoms with E-state index in [4.69, 9.17) is 23.2 Å². The Bertz CT molecular complexity index is 47.7. The van der Waals surface area contributed by atoms with Gasteiger partial charge in [0.05, 0.1) is 0 Å². The van der Waals surface area contributed by atoms with Gasteiger partial charge in [-0.2, -0.15) is 0 Å². The quantitative estimate of drug-likeness (QED) is 0.479. The van der Waals surface area contributed by atoms with E-state index in [0.717, 1.165) is 13.1 Å². The maximum atomic E-state index is 5.61. The van der Waals surface area contributed by atoms with Crippen molar-refractivity contribution in [3.8, 4) is 0 Å². The standard InChI is InChI=1S/C5H11Cl2N/c1-5(7)4-8-3-2-6/h5,8H,2-4H2,1H3/t5-/m0/s1. The van der Waals surface area contributed by atoms with E-state index in [2.05, 4.69) is 5.32 Å². The molecule has 0 spiro atoms. The summed E-state index contributed by atoms with van der Waals surface area (Å²) in [6, 6.07) is 0. The molecule has 0 aliphatic rings. The van der Waals surface area contributed by atoms with Gasteiger partial charge >= 0.3 is 0 Å². The van der Waals surface area contributed by atoms with Crippen molar-refractivity contribution < 1.29 is 0 Å². The molecular formula is C5H11Cl2N. The first-order valence-corrected chi connectivity index (χ1v) is 3.65. The molecule has 0 aliphatic heterocycles. The van der Waals surface area contributed by atoms with Crippen LogP contribution in [-0.4, -0.2) is 24.3 Å². The number of rotatable bonds is 4. The molecule has 0 aromatic rings. The molecule has 0 saturated carbocycles. The molecule has 0 rings (SSSR count). The Morgan fingerprint density at radius 1 is 1.62 bits per heavy atom. The van der Waals surface area contributed by atoms with Gasteiger partial charge in [-0.1, -0.05) is 0 Å². The van der Waals surface area contributed by atoms with Crippen molar-refractivity contribution in [2.45, 2.75) is 12.3 Å². The van der Waals surface area contributed by atoms with Crippen LogP contribution in [0.1, 0.15) is 6.92 Å². The van der Waals surface area contributed by atoms with Gasteiger partial charge in [-0.25, -0.2) is 0 Å². The average molecular weight is 156 g/mol. The van der Waals surface area contributed by atoms with Gasteiger partial charge in [0, 0.05) is 24.3 Å². The molecule has 1 N–H and O–H groups in total.